The number of rotatable bonds is 6. The van der Waals surface area contributed by atoms with Gasteiger partial charge in [-0.25, -0.2) is 0 Å². The SMILES string of the molecule is O=CC(=O)C1CN(Cc2ccccc2)C(Cc2ccccc2)CN1. The third-order valence-corrected chi connectivity index (χ3v) is 4.54. The second-order valence-electron chi connectivity index (χ2n) is 6.24. The molecule has 0 aliphatic carbocycles. The minimum absolute atomic E-state index is 0.295. The normalized spacial score (nSPS) is 21.3. The Kier molecular flexibility index (Phi) is 5.51. The summed E-state index contributed by atoms with van der Waals surface area (Å²) in [7, 11) is 0. The number of carbonyl (C=O) groups excluding carboxylic acids is 2. The lowest BCUT2D eigenvalue weighted by Gasteiger charge is -2.39. The fraction of sp³-hybridized carbons (Fsp3) is 0.300. The Morgan fingerprint density at radius 3 is 2.29 bits per heavy atom. The number of benzene rings is 2. The zero-order valence-electron chi connectivity index (χ0n) is 13.6. The van der Waals surface area contributed by atoms with Crippen molar-refractivity contribution in [3.05, 3.63) is 71.8 Å². The summed E-state index contributed by atoms with van der Waals surface area (Å²) in [6, 6.07) is 20.5. The van der Waals surface area contributed by atoms with Crippen LogP contribution in [0, 0.1) is 0 Å². The van der Waals surface area contributed by atoms with E-state index in [9.17, 15) is 9.59 Å². The highest BCUT2D eigenvalue weighted by Crippen LogP contribution is 2.17. The van der Waals surface area contributed by atoms with E-state index in [-0.39, 0.29) is 5.78 Å². The number of nitrogens with one attached hydrogen (secondary N) is 1. The van der Waals surface area contributed by atoms with Gasteiger partial charge in [0.05, 0.1) is 6.04 Å². The highest BCUT2D eigenvalue weighted by Gasteiger charge is 2.31. The van der Waals surface area contributed by atoms with Crippen LogP contribution in [0.4, 0.5) is 0 Å². The van der Waals surface area contributed by atoms with Crippen molar-refractivity contribution in [1.82, 2.24) is 10.2 Å². The minimum Gasteiger partial charge on any atom is -0.304 e. The molecule has 2 unspecified atom stereocenters. The molecule has 4 nitrogen and oxygen atoms in total. The summed E-state index contributed by atoms with van der Waals surface area (Å²) in [6.07, 6.45) is 1.35. The Morgan fingerprint density at radius 1 is 1.04 bits per heavy atom. The highest BCUT2D eigenvalue weighted by molar-refractivity contribution is 6.27. The molecule has 1 heterocycles. The van der Waals surface area contributed by atoms with Crippen LogP contribution in [-0.4, -0.2) is 42.1 Å². The van der Waals surface area contributed by atoms with Crippen molar-refractivity contribution in [2.75, 3.05) is 13.1 Å². The van der Waals surface area contributed by atoms with Crippen LogP contribution in [-0.2, 0) is 22.6 Å². The molecule has 2 aromatic rings. The Labute approximate surface area is 142 Å². The molecule has 0 amide bonds. The molecule has 1 saturated heterocycles. The van der Waals surface area contributed by atoms with Crippen molar-refractivity contribution in [3.8, 4) is 0 Å². The molecular weight excluding hydrogens is 300 g/mol. The zero-order chi connectivity index (χ0) is 16.8. The number of Topliss-reactive ketones (excluding diaryl/α,β-unsaturated/α-hetero) is 1. The summed E-state index contributed by atoms with van der Waals surface area (Å²) >= 11 is 0. The Hall–Kier alpha value is -2.30. The van der Waals surface area contributed by atoms with Gasteiger partial charge in [-0.3, -0.25) is 14.5 Å². The van der Waals surface area contributed by atoms with Crippen molar-refractivity contribution in [2.24, 2.45) is 0 Å². The lowest BCUT2D eigenvalue weighted by molar-refractivity contribution is -0.132. The number of hydrogen-bond acceptors (Lipinski definition) is 4. The van der Waals surface area contributed by atoms with Gasteiger partial charge in [0.1, 0.15) is 0 Å². The Morgan fingerprint density at radius 2 is 1.67 bits per heavy atom. The van der Waals surface area contributed by atoms with Gasteiger partial charge in [0, 0.05) is 25.7 Å². The predicted octanol–water partition coefficient (Wildman–Crippen LogP) is 1.84. The zero-order valence-corrected chi connectivity index (χ0v) is 13.6. The number of aldehydes is 1. The Bertz CT molecular complexity index is 673. The Balaban J connectivity index is 1.75. The van der Waals surface area contributed by atoms with Crippen LogP contribution in [0.5, 0.6) is 0 Å². The molecule has 1 aliphatic rings. The molecular formula is C20H22N2O2. The summed E-state index contributed by atoms with van der Waals surface area (Å²) in [5.41, 5.74) is 2.50. The minimum atomic E-state index is -0.404. The first kappa shape index (κ1) is 16.6. The molecule has 3 rings (SSSR count). The van der Waals surface area contributed by atoms with Gasteiger partial charge in [-0.05, 0) is 17.5 Å². The molecule has 0 saturated carbocycles. The van der Waals surface area contributed by atoms with Crippen LogP contribution in [0.15, 0.2) is 60.7 Å². The van der Waals surface area contributed by atoms with E-state index in [0.29, 0.717) is 25.4 Å². The largest absolute Gasteiger partial charge is 0.304 e. The molecule has 4 heteroatoms. The van der Waals surface area contributed by atoms with Gasteiger partial charge in [-0.2, -0.15) is 0 Å². The van der Waals surface area contributed by atoms with Crippen LogP contribution in [0.1, 0.15) is 11.1 Å². The number of piperazine rings is 1. The number of hydrogen-bond donors (Lipinski definition) is 1. The van der Waals surface area contributed by atoms with Crippen molar-refractivity contribution < 1.29 is 9.59 Å². The number of carbonyl (C=O) groups is 2. The topological polar surface area (TPSA) is 49.4 Å². The standard InChI is InChI=1S/C20H22N2O2/c23-15-20(24)19-14-22(13-17-9-5-2-6-10-17)18(12-21-19)11-16-7-3-1-4-8-16/h1-10,15,18-19,21H,11-14H2. The molecule has 124 valence electrons. The molecule has 1 aliphatic heterocycles. The maximum absolute atomic E-state index is 11.8. The van der Waals surface area contributed by atoms with E-state index in [0.717, 1.165) is 13.0 Å². The predicted molar refractivity (Wildman–Crippen MR) is 93.6 cm³/mol. The van der Waals surface area contributed by atoms with Crippen LogP contribution >= 0.6 is 0 Å². The maximum atomic E-state index is 11.8. The summed E-state index contributed by atoms with van der Waals surface area (Å²) < 4.78 is 0. The molecule has 0 radical (unpaired) electrons. The molecule has 0 spiro atoms. The van der Waals surface area contributed by atoms with Crippen LogP contribution < -0.4 is 5.32 Å². The lowest BCUT2D eigenvalue weighted by Crippen LogP contribution is -2.59. The van der Waals surface area contributed by atoms with Gasteiger partial charge >= 0.3 is 0 Å². The molecule has 1 N–H and O–H groups in total. The highest BCUT2D eigenvalue weighted by atomic mass is 16.2. The third kappa shape index (κ3) is 4.16. The van der Waals surface area contributed by atoms with E-state index in [1.54, 1.807) is 0 Å². The second-order valence-corrected chi connectivity index (χ2v) is 6.24. The summed E-state index contributed by atoms with van der Waals surface area (Å²) in [5.74, 6) is -0.369. The first-order chi connectivity index (χ1) is 11.8. The number of ketones is 1. The quantitative estimate of drug-likeness (QED) is 0.651. The van der Waals surface area contributed by atoms with Gasteiger partial charge in [0.25, 0.3) is 0 Å². The molecule has 2 aromatic carbocycles. The molecule has 1 fully saturated rings. The van der Waals surface area contributed by atoms with Gasteiger partial charge in [-0.15, -0.1) is 0 Å². The smallest absolute Gasteiger partial charge is 0.213 e. The van der Waals surface area contributed by atoms with Gasteiger partial charge in [0.2, 0.25) is 5.78 Å². The number of nitrogens with zero attached hydrogens (tertiary/aromatic N) is 1. The van der Waals surface area contributed by atoms with E-state index < -0.39 is 6.04 Å². The monoisotopic (exact) mass is 322 g/mol. The average Bonchev–Trinajstić information content (AvgIpc) is 2.64. The fourth-order valence-corrected chi connectivity index (χ4v) is 3.23. The molecule has 0 bridgehead atoms. The maximum Gasteiger partial charge on any atom is 0.213 e. The van der Waals surface area contributed by atoms with Crippen LogP contribution in [0.3, 0.4) is 0 Å². The van der Waals surface area contributed by atoms with E-state index in [4.69, 9.17) is 0 Å². The van der Waals surface area contributed by atoms with Gasteiger partial charge < -0.3 is 5.32 Å². The van der Waals surface area contributed by atoms with E-state index in [2.05, 4.69) is 34.5 Å². The summed E-state index contributed by atoms with van der Waals surface area (Å²) in [6.45, 7) is 2.04. The second kappa shape index (κ2) is 7.99. The molecule has 24 heavy (non-hydrogen) atoms. The van der Waals surface area contributed by atoms with Crippen molar-refractivity contribution in [1.29, 1.82) is 0 Å². The van der Waals surface area contributed by atoms with Gasteiger partial charge in [-0.1, -0.05) is 60.7 Å². The summed E-state index contributed by atoms with van der Waals surface area (Å²) in [4.78, 5) is 24.9. The first-order valence-corrected chi connectivity index (χ1v) is 8.30. The fourth-order valence-electron chi connectivity index (χ4n) is 3.23. The van der Waals surface area contributed by atoms with Gasteiger partial charge in [0.15, 0.2) is 6.29 Å². The first-order valence-electron chi connectivity index (χ1n) is 8.30. The molecule has 2 atom stereocenters. The lowest BCUT2D eigenvalue weighted by atomic mass is 9.99. The van der Waals surface area contributed by atoms with Crippen molar-refractivity contribution >= 4 is 12.1 Å². The van der Waals surface area contributed by atoms with Crippen LogP contribution in [0.25, 0.3) is 0 Å². The van der Waals surface area contributed by atoms with Crippen molar-refractivity contribution in [2.45, 2.75) is 25.0 Å². The van der Waals surface area contributed by atoms with E-state index in [1.807, 2.05) is 36.4 Å². The van der Waals surface area contributed by atoms with Crippen molar-refractivity contribution in [3.63, 3.8) is 0 Å². The summed E-state index contributed by atoms with van der Waals surface area (Å²) in [5, 5.41) is 3.23. The third-order valence-electron chi connectivity index (χ3n) is 4.54. The van der Waals surface area contributed by atoms with Crippen LogP contribution in [0.2, 0.25) is 0 Å². The average molecular weight is 322 g/mol. The van der Waals surface area contributed by atoms with E-state index >= 15 is 0 Å². The van der Waals surface area contributed by atoms with E-state index in [1.165, 1.54) is 11.1 Å². The molecule has 0 aromatic heterocycles.